The molecule has 3 aliphatic heterocycles. The number of amides is 2. The number of nitrogens with zero attached hydrogens (tertiary/aromatic N) is 3. The van der Waals surface area contributed by atoms with Crippen LogP contribution >= 0.6 is 0 Å². The molecule has 0 aliphatic carbocycles. The molecule has 1 saturated heterocycles. The smallest absolute Gasteiger partial charge is 0.241 e. The summed E-state index contributed by atoms with van der Waals surface area (Å²) in [6.45, 7) is 4.28. The number of anilines is 1. The summed E-state index contributed by atoms with van der Waals surface area (Å²) >= 11 is 0. The Morgan fingerprint density at radius 1 is 0.867 bits per heavy atom. The standard InChI is InChI=1S/C25H29N3O2/c29-24(28-15-12-20-7-3-4-10-23(20)28)18-26-13-5-9-22(16-26)25(30)27-14-11-19-6-1-2-8-21(19)17-27/h1-4,6-8,10,22H,5,9,11-18H2. The minimum Gasteiger partial charge on any atom is -0.338 e. The van der Waals surface area contributed by atoms with Gasteiger partial charge in [-0.1, -0.05) is 42.5 Å². The molecule has 5 rings (SSSR count). The van der Waals surface area contributed by atoms with E-state index in [1.54, 1.807) is 0 Å². The first-order valence-electron chi connectivity index (χ1n) is 11.2. The number of rotatable bonds is 3. The number of benzene rings is 2. The average molecular weight is 404 g/mol. The summed E-state index contributed by atoms with van der Waals surface area (Å²) in [5.41, 5.74) is 4.94. The number of hydrogen-bond donors (Lipinski definition) is 0. The van der Waals surface area contributed by atoms with Crippen LogP contribution in [0.4, 0.5) is 5.69 Å². The molecule has 2 aromatic carbocycles. The molecule has 30 heavy (non-hydrogen) atoms. The second kappa shape index (κ2) is 8.23. The molecule has 2 amide bonds. The summed E-state index contributed by atoms with van der Waals surface area (Å²) in [5, 5.41) is 0. The Hall–Kier alpha value is -2.66. The molecule has 0 radical (unpaired) electrons. The summed E-state index contributed by atoms with van der Waals surface area (Å²) < 4.78 is 0. The Bertz CT molecular complexity index is 957. The van der Waals surface area contributed by atoms with Crippen LogP contribution in [-0.2, 0) is 29.0 Å². The molecule has 1 fully saturated rings. The summed E-state index contributed by atoms with van der Waals surface area (Å²) in [7, 11) is 0. The number of piperidine rings is 1. The second-order valence-corrected chi connectivity index (χ2v) is 8.78. The molecule has 0 saturated carbocycles. The SMILES string of the molecule is O=C(C1CCCN(CC(=O)N2CCc3ccccc32)C1)N1CCc2ccccc2C1. The fraction of sp³-hybridized carbons (Fsp3) is 0.440. The van der Waals surface area contributed by atoms with Crippen LogP contribution in [0, 0.1) is 5.92 Å². The summed E-state index contributed by atoms with van der Waals surface area (Å²) in [5.74, 6) is 0.413. The van der Waals surface area contributed by atoms with Crippen LogP contribution in [-0.4, -0.2) is 54.3 Å². The van der Waals surface area contributed by atoms with Gasteiger partial charge >= 0.3 is 0 Å². The van der Waals surface area contributed by atoms with Crippen molar-refractivity contribution in [3.63, 3.8) is 0 Å². The highest BCUT2D eigenvalue weighted by Gasteiger charge is 2.33. The molecule has 0 N–H and O–H groups in total. The van der Waals surface area contributed by atoms with Crippen molar-refractivity contribution in [2.45, 2.75) is 32.2 Å². The fourth-order valence-electron chi connectivity index (χ4n) is 5.22. The molecule has 1 unspecified atom stereocenters. The molecule has 1 atom stereocenters. The summed E-state index contributed by atoms with van der Waals surface area (Å²) in [4.78, 5) is 32.3. The average Bonchev–Trinajstić information content (AvgIpc) is 3.23. The van der Waals surface area contributed by atoms with Gasteiger partial charge in [-0.05, 0) is 55.0 Å². The zero-order valence-electron chi connectivity index (χ0n) is 17.4. The van der Waals surface area contributed by atoms with Gasteiger partial charge in [0.1, 0.15) is 0 Å². The second-order valence-electron chi connectivity index (χ2n) is 8.78. The predicted octanol–water partition coefficient (Wildman–Crippen LogP) is 2.87. The Labute approximate surface area is 178 Å². The Kier molecular flexibility index (Phi) is 5.30. The van der Waals surface area contributed by atoms with Crippen molar-refractivity contribution < 1.29 is 9.59 Å². The maximum absolute atomic E-state index is 13.2. The van der Waals surface area contributed by atoms with E-state index in [0.29, 0.717) is 13.1 Å². The zero-order chi connectivity index (χ0) is 20.5. The number of carbonyl (C=O) groups is 2. The molecular formula is C25H29N3O2. The third-order valence-corrected chi connectivity index (χ3v) is 6.84. The van der Waals surface area contributed by atoms with E-state index in [1.165, 1.54) is 16.7 Å². The van der Waals surface area contributed by atoms with Crippen molar-refractivity contribution >= 4 is 17.5 Å². The van der Waals surface area contributed by atoms with E-state index in [4.69, 9.17) is 0 Å². The van der Waals surface area contributed by atoms with Gasteiger partial charge < -0.3 is 9.80 Å². The van der Waals surface area contributed by atoms with Crippen molar-refractivity contribution in [2.75, 3.05) is 37.6 Å². The third kappa shape index (κ3) is 3.74. The van der Waals surface area contributed by atoms with Crippen molar-refractivity contribution in [1.29, 1.82) is 0 Å². The molecule has 3 aliphatic rings. The van der Waals surface area contributed by atoms with Crippen LogP contribution in [0.15, 0.2) is 48.5 Å². The van der Waals surface area contributed by atoms with Gasteiger partial charge in [0, 0.05) is 31.9 Å². The monoisotopic (exact) mass is 403 g/mol. The molecule has 5 heteroatoms. The van der Waals surface area contributed by atoms with Gasteiger partial charge in [-0.25, -0.2) is 0 Å². The lowest BCUT2D eigenvalue weighted by Crippen LogP contribution is -2.48. The first kappa shape index (κ1) is 19.3. The Morgan fingerprint density at radius 2 is 1.60 bits per heavy atom. The number of fused-ring (bicyclic) bond motifs is 2. The van der Waals surface area contributed by atoms with E-state index in [9.17, 15) is 9.59 Å². The zero-order valence-corrected chi connectivity index (χ0v) is 17.4. The summed E-state index contributed by atoms with van der Waals surface area (Å²) in [6, 6.07) is 16.6. The van der Waals surface area contributed by atoms with E-state index >= 15 is 0 Å². The largest absolute Gasteiger partial charge is 0.338 e. The van der Waals surface area contributed by atoms with E-state index in [1.807, 2.05) is 28.0 Å². The van der Waals surface area contributed by atoms with Gasteiger partial charge in [-0.2, -0.15) is 0 Å². The van der Waals surface area contributed by atoms with Crippen molar-refractivity contribution in [3.05, 3.63) is 65.2 Å². The van der Waals surface area contributed by atoms with Crippen molar-refractivity contribution in [3.8, 4) is 0 Å². The lowest BCUT2D eigenvalue weighted by Gasteiger charge is -2.37. The third-order valence-electron chi connectivity index (χ3n) is 6.84. The summed E-state index contributed by atoms with van der Waals surface area (Å²) in [6.07, 6.45) is 3.77. The minimum absolute atomic E-state index is 0.00248. The molecule has 0 bridgehead atoms. The van der Waals surface area contributed by atoms with Gasteiger partial charge in [0.05, 0.1) is 12.5 Å². The number of para-hydroxylation sites is 1. The van der Waals surface area contributed by atoms with Gasteiger partial charge in [-0.3, -0.25) is 14.5 Å². The molecule has 0 aromatic heterocycles. The highest BCUT2D eigenvalue weighted by molar-refractivity contribution is 5.96. The maximum atomic E-state index is 13.2. The van der Waals surface area contributed by atoms with Gasteiger partial charge in [0.2, 0.25) is 11.8 Å². The maximum Gasteiger partial charge on any atom is 0.241 e. The first-order valence-corrected chi connectivity index (χ1v) is 11.2. The molecular weight excluding hydrogens is 374 g/mol. The molecule has 5 nitrogen and oxygen atoms in total. The van der Waals surface area contributed by atoms with Crippen LogP contribution in [0.2, 0.25) is 0 Å². The van der Waals surface area contributed by atoms with E-state index in [-0.39, 0.29) is 17.7 Å². The number of carbonyl (C=O) groups excluding carboxylic acids is 2. The Morgan fingerprint density at radius 3 is 2.47 bits per heavy atom. The van der Waals surface area contributed by atoms with Crippen LogP contribution in [0.3, 0.4) is 0 Å². The molecule has 156 valence electrons. The predicted molar refractivity (Wildman–Crippen MR) is 117 cm³/mol. The van der Waals surface area contributed by atoms with Crippen LogP contribution in [0.1, 0.15) is 29.5 Å². The lowest BCUT2D eigenvalue weighted by molar-refractivity contribution is -0.139. The van der Waals surface area contributed by atoms with E-state index in [2.05, 4.69) is 35.2 Å². The molecule has 2 aromatic rings. The quantitative estimate of drug-likeness (QED) is 0.792. The normalized spacial score (nSPS) is 21.3. The highest BCUT2D eigenvalue weighted by Crippen LogP contribution is 2.28. The van der Waals surface area contributed by atoms with Crippen LogP contribution in [0.25, 0.3) is 0 Å². The van der Waals surface area contributed by atoms with Crippen LogP contribution in [0.5, 0.6) is 0 Å². The number of likely N-dealkylation sites (tertiary alicyclic amines) is 1. The van der Waals surface area contributed by atoms with Gasteiger partial charge in [0.25, 0.3) is 0 Å². The topological polar surface area (TPSA) is 43.9 Å². The highest BCUT2D eigenvalue weighted by atomic mass is 16.2. The van der Waals surface area contributed by atoms with E-state index in [0.717, 1.165) is 57.5 Å². The van der Waals surface area contributed by atoms with Crippen molar-refractivity contribution in [1.82, 2.24) is 9.80 Å². The number of hydrogen-bond acceptors (Lipinski definition) is 3. The molecule has 0 spiro atoms. The fourth-order valence-corrected chi connectivity index (χ4v) is 5.22. The van der Waals surface area contributed by atoms with E-state index < -0.39 is 0 Å². The van der Waals surface area contributed by atoms with Crippen molar-refractivity contribution in [2.24, 2.45) is 5.92 Å². The van der Waals surface area contributed by atoms with Crippen LogP contribution < -0.4 is 4.90 Å². The lowest BCUT2D eigenvalue weighted by atomic mass is 9.94. The van der Waals surface area contributed by atoms with Gasteiger partial charge in [-0.15, -0.1) is 0 Å². The first-order chi connectivity index (χ1) is 14.7. The Balaban J connectivity index is 1.20. The minimum atomic E-state index is 0.00248. The molecule has 3 heterocycles. The van der Waals surface area contributed by atoms with Gasteiger partial charge in [0.15, 0.2) is 0 Å².